The number of allylic oxidation sites excluding steroid dienone is 2. The summed E-state index contributed by atoms with van der Waals surface area (Å²) in [4.78, 5) is 12.9. The molecule has 1 fully saturated rings. The fourth-order valence-corrected chi connectivity index (χ4v) is 8.88. The summed E-state index contributed by atoms with van der Waals surface area (Å²) in [6.45, 7) is 4.03. The molecule has 6 unspecified atom stereocenters. The maximum absolute atomic E-state index is 12.9. The van der Waals surface area contributed by atoms with Crippen LogP contribution in [0.5, 0.6) is 0 Å². The highest BCUT2D eigenvalue weighted by molar-refractivity contribution is 7.80. The summed E-state index contributed by atoms with van der Waals surface area (Å²) in [5, 5.41) is 30.7. The van der Waals surface area contributed by atoms with E-state index in [0.29, 0.717) is 13.0 Å². The van der Waals surface area contributed by atoms with Crippen molar-refractivity contribution in [3.63, 3.8) is 0 Å². The van der Waals surface area contributed by atoms with Crippen LogP contribution in [0.4, 0.5) is 0 Å². The minimum absolute atomic E-state index is 0.0423. The van der Waals surface area contributed by atoms with Gasteiger partial charge < -0.3 is 34.3 Å². The standard InChI is InChI=1S/C51H98O12S/c1-3-5-7-9-11-13-15-17-18-19-20-21-22-23-24-25-26-27-28-29-30-32-34-36-38-40-47(53)61-45(43-59-41-39-37-35-33-31-16-14-12-10-8-6-4-2)44-60-51-49(55)50(63-64(56,57)58)48(54)46(42-52)62-51/h19-20,45-46,48-52,54-55H,3-18,21-44H2,1-2H3,(H,56,57,58)/b20-19-. The Morgan fingerprint density at radius 3 is 1.41 bits per heavy atom. The van der Waals surface area contributed by atoms with Gasteiger partial charge >= 0.3 is 16.4 Å². The highest BCUT2D eigenvalue weighted by atomic mass is 32.3. The van der Waals surface area contributed by atoms with Gasteiger partial charge in [-0.05, 0) is 38.5 Å². The number of unbranched alkanes of at least 4 members (excludes halogenated alkanes) is 32. The van der Waals surface area contributed by atoms with Crippen molar-refractivity contribution in [1.82, 2.24) is 0 Å². The van der Waals surface area contributed by atoms with E-state index in [1.165, 1.54) is 180 Å². The largest absolute Gasteiger partial charge is 0.457 e. The zero-order chi connectivity index (χ0) is 46.8. The van der Waals surface area contributed by atoms with Gasteiger partial charge in [0.15, 0.2) is 6.29 Å². The number of esters is 1. The van der Waals surface area contributed by atoms with Crippen LogP contribution in [0.15, 0.2) is 12.2 Å². The molecule has 0 aliphatic carbocycles. The molecule has 0 aromatic rings. The van der Waals surface area contributed by atoms with E-state index in [1.807, 2.05) is 0 Å². The number of aliphatic hydroxyl groups is 3. The molecular weight excluding hydrogens is 837 g/mol. The zero-order valence-electron chi connectivity index (χ0n) is 40.9. The van der Waals surface area contributed by atoms with Crippen molar-refractivity contribution in [1.29, 1.82) is 0 Å². The Bertz CT molecular complexity index is 1170. The molecule has 0 aromatic carbocycles. The third-order valence-electron chi connectivity index (χ3n) is 12.4. The zero-order valence-corrected chi connectivity index (χ0v) is 41.7. The van der Waals surface area contributed by atoms with Gasteiger partial charge in [0.1, 0.15) is 30.5 Å². The molecule has 1 rings (SSSR count). The third kappa shape index (κ3) is 36.0. The maximum Gasteiger partial charge on any atom is 0.397 e. The Balaban J connectivity index is 2.27. The van der Waals surface area contributed by atoms with Crippen molar-refractivity contribution in [3.05, 3.63) is 12.2 Å². The number of hydrogen-bond acceptors (Lipinski definition) is 11. The lowest BCUT2D eigenvalue weighted by atomic mass is 9.99. The third-order valence-corrected chi connectivity index (χ3v) is 12.9. The number of ether oxygens (including phenoxy) is 4. The summed E-state index contributed by atoms with van der Waals surface area (Å²) in [5.74, 6) is -0.394. The summed E-state index contributed by atoms with van der Waals surface area (Å²) in [7, 11) is -5.06. The number of rotatable bonds is 47. The topological polar surface area (TPSA) is 178 Å². The van der Waals surface area contributed by atoms with Gasteiger partial charge in [-0.2, -0.15) is 8.42 Å². The summed E-state index contributed by atoms with van der Waals surface area (Å²) in [6, 6.07) is 0. The van der Waals surface area contributed by atoms with E-state index in [4.69, 9.17) is 18.9 Å². The van der Waals surface area contributed by atoms with E-state index in [2.05, 4.69) is 30.2 Å². The van der Waals surface area contributed by atoms with Gasteiger partial charge in [0.25, 0.3) is 0 Å². The molecule has 12 nitrogen and oxygen atoms in total. The molecule has 4 N–H and O–H groups in total. The lowest BCUT2D eigenvalue weighted by Crippen LogP contribution is -2.60. The maximum atomic E-state index is 12.9. The summed E-state index contributed by atoms with van der Waals surface area (Å²) >= 11 is 0. The number of aliphatic hydroxyl groups excluding tert-OH is 3. The lowest BCUT2D eigenvalue weighted by molar-refractivity contribution is -0.301. The van der Waals surface area contributed by atoms with Gasteiger partial charge in [-0.3, -0.25) is 9.35 Å². The Morgan fingerprint density at radius 1 is 0.578 bits per heavy atom. The highest BCUT2D eigenvalue weighted by Crippen LogP contribution is 2.26. The lowest BCUT2D eigenvalue weighted by Gasteiger charge is -2.41. The van der Waals surface area contributed by atoms with Crippen LogP contribution in [0.2, 0.25) is 0 Å². The first-order chi connectivity index (χ1) is 31.1. The Morgan fingerprint density at radius 2 is 0.984 bits per heavy atom. The smallest absolute Gasteiger partial charge is 0.397 e. The van der Waals surface area contributed by atoms with Gasteiger partial charge in [0.05, 0.1) is 19.8 Å². The molecule has 380 valence electrons. The molecule has 6 atom stereocenters. The van der Waals surface area contributed by atoms with Gasteiger partial charge in [-0.25, -0.2) is 4.18 Å². The van der Waals surface area contributed by atoms with Crippen molar-refractivity contribution in [2.75, 3.05) is 26.4 Å². The second kappa shape index (κ2) is 43.1. The van der Waals surface area contributed by atoms with Crippen molar-refractivity contribution in [3.8, 4) is 0 Å². The minimum Gasteiger partial charge on any atom is -0.457 e. The first-order valence-electron chi connectivity index (χ1n) is 26.4. The summed E-state index contributed by atoms with van der Waals surface area (Å²) < 4.78 is 59.2. The molecule has 0 bridgehead atoms. The molecule has 1 heterocycles. The summed E-state index contributed by atoms with van der Waals surface area (Å²) in [6.07, 6.45) is 39.7. The monoisotopic (exact) mass is 935 g/mol. The highest BCUT2D eigenvalue weighted by Gasteiger charge is 2.48. The van der Waals surface area contributed by atoms with Crippen LogP contribution in [-0.4, -0.2) is 97.5 Å². The fourth-order valence-electron chi connectivity index (χ4n) is 8.38. The quantitative estimate of drug-likeness (QED) is 0.0197. The molecule has 0 radical (unpaired) electrons. The predicted octanol–water partition coefficient (Wildman–Crippen LogP) is 12.2. The second-order valence-corrected chi connectivity index (χ2v) is 19.5. The number of carbonyl (C=O) groups excluding carboxylic acids is 1. The molecule has 1 aliphatic rings. The van der Waals surface area contributed by atoms with Crippen LogP contribution in [0, 0.1) is 0 Å². The van der Waals surface area contributed by atoms with E-state index in [-0.39, 0.29) is 19.6 Å². The first-order valence-corrected chi connectivity index (χ1v) is 27.8. The second-order valence-electron chi connectivity index (χ2n) is 18.5. The van der Waals surface area contributed by atoms with Crippen molar-refractivity contribution in [2.45, 2.75) is 282 Å². The fraction of sp³-hybridized carbons (Fsp3) is 0.941. The number of carbonyl (C=O) groups is 1. The Hall–Kier alpha value is -1.16. The first kappa shape index (κ1) is 60.9. The van der Waals surface area contributed by atoms with Crippen LogP contribution >= 0.6 is 0 Å². The van der Waals surface area contributed by atoms with E-state index >= 15 is 0 Å². The van der Waals surface area contributed by atoms with Crippen LogP contribution in [0.3, 0.4) is 0 Å². The molecule has 64 heavy (non-hydrogen) atoms. The van der Waals surface area contributed by atoms with Crippen LogP contribution < -0.4 is 0 Å². The van der Waals surface area contributed by atoms with E-state index < -0.39 is 59.8 Å². The molecule has 0 spiro atoms. The minimum atomic E-state index is -5.06. The molecule has 0 aromatic heterocycles. The van der Waals surface area contributed by atoms with Crippen LogP contribution in [0.25, 0.3) is 0 Å². The Labute approximate surface area is 391 Å². The SMILES string of the molecule is CCCCCCCCCC/C=C\CCCCCCCCCCCCCCCC(=O)OC(COCCCCCCCCCCCCCC)COC1OC(CO)C(O)C(OS(=O)(=O)O)C1O. The average molecular weight is 935 g/mol. The molecule has 1 saturated heterocycles. The van der Waals surface area contributed by atoms with Gasteiger partial charge in [0, 0.05) is 13.0 Å². The molecule has 13 heteroatoms. The Kier molecular flexibility index (Phi) is 41.0. The van der Waals surface area contributed by atoms with E-state index in [9.17, 15) is 33.1 Å². The van der Waals surface area contributed by atoms with Crippen molar-refractivity contribution in [2.24, 2.45) is 0 Å². The van der Waals surface area contributed by atoms with E-state index in [1.54, 1.807) is 0 Å². The van der Waals surface area contributed by atoms with Gasteiger partial charge in [-0.15, -0.1) is 0 Å². The summed E-state index contributed by atoms with van der Waals surface area (Å²) in [5.41, 5.74) is 0. The van der Waals surface area contributed by atoms with E-state index in [0.717, 1.165) is 38.5 Å². The molecule has 0 saturated carbocycles. The van der Waals surface area contributed by atoms with Crippen LogP contribution in [-0.2, 0) is 38.3 Å². The van der Waals surface area contributed by atoms with Crippen molar-refractivity contribution >= 4 is 16.4 Å². The molecule has 0 amide bonds. The molecule has 1 aliphatic heterocycles. The van der Waals surface area contributed by atoms with Crippen LogP contribution in [0.1, 0.15) is 245 Å². The number of hydrogen-bond donors (Lipinski definition) is 4. The van der Waals surface area contributed by atoms with Crippen molar-refractivity contribution < 1.29 is 56.2 Å². The molecular formula is C51H98O12S. The van der Waals surface area contributed by atoms with Gasteiger partial charge in [-0.1, -0.05) is 212 Å². The average Bonchev–Trinajstić information content (AvgIpc) is 3.27. The normalized spacial score (nSPS) is 19.8. The predicted molar refractivity (Wildman–Crippen MR) is 258 cm³/mol. The van der Waals surface area contributed by atoms with Gasteiger partial charge in [0.2, 0.25) is 0 Å².